The molecular formula is C17H18N2O. The van der Waals surface area contributed by atoms with E-state index >= 15 is 0 Å². The predicted molar refractivity (Wildman–Crippen MR) is 80.8 cm³/mol. The molecule has 0 saturated heterocycles. The highest BCUT2D eigenvalue weighted by Crippen LogP contribution is 2.30. The highest BCUT2D eigenvalue weighted by atomic mass is 16.3. The lowest BCUT2D eigenvalue weighted by atomic mass is 10.0. The molecule has 0 amide bonds. The second-order valence-corrected chi connectivity index (χ2v) is 5.04. The Morgan fingerprint density at radius 2 is 2.00 bits per heavy atom. The number of nitrogens with one attached hydrogen (secondary N) is 1. The van der Waals surface area contributed by atoms with Crippen LogP contribution in [0.1, 0.15) is 28.6 Å². The molecule has 0 spiro atoms. The predicted octanol–water partition coefficient (Wildman–Crippen LogP) is 3.75. The number of fused-ring (bicyclic) bond motifs is 1. The van der Waals surface area contributed by atoms with E-state index in [9.17, 15) is 0 Å². The lowest BCUT2D eigenvalue weighted by molar-refractivity contribution is 0.488. The average molecular weight is 266 g/mol. The molecule has 0 aliphatic heterocycles. The molecule has 1 aromatic carbocycles. The minimum absolute atomic E-state index is 0.0236. The standard InChI is InChI=1S/C17H18N2O/c1-11-6-4-7-13-10-15(20-17(11)13)16(18-3)14-8-5-9-19-12(14)2/h4-10,16,18H,1-3H3. The van der Waals surface area contributed by atoms with Crippen LogP contribution in [0.3, 0.4) is 0 Å². The number of furan rings is 1. The monoisotopic (exact) mass is 266 g/mol. The lowest BCUT2D eigenvalue weighted by Gasteiger charge is -2.15. The first kappa shape index (κ1) is 12.9. The summed E-state index contributed by atoms with van der Waals surface area (Å²) in [6, 6.07) is 12.4. The number of aromatic nitrogens is 1. The molecule has 3 rings (SSSR count). The van der Waals surface area contributed by atoms with Gasteiger partial charge in [0.1, 0.15) is 11.3 Å². The molecule has 3 heteroatoms. The van der Waals surface area contributed by atoms with E-state index in [1.807, 2.05) is 26.2 Å². The molecule has 0 fully saturated rings. The van der Waals surface area contributed by atoms with Crippen molar-refractivity contribution in [3.8, 4) is 0 Å². The van der Waals surface area contributed by atoms with Crippen molar-refractivity contribution in [2.75, 3.05) is 7.05 Å². The van der Waals surface area contributed by atoms with E-state index in [-0.39, 0.29) is 6.04 Å². The Labute approximate surface area is 118 Å². The molecule has 2 heterocycles. The van der Waals surface area contributed by atoms with Crippen LogP contribution in [-0.4, -0.2) is 12.0 Å². The smallest absolute Gasteiger partial charge is 0.137 e. The van der Waals surface area contributed by atoms with Crippen LogP contribution in [0, 0.1) is 13.8 Å². The maximum absolute atomic E-state index is 6.07. The zero-order valence-corrected chi connectivity index (χ0v) is 12.0. The molecule has 102 valence electrons. The number of hydrogen-bond donors (Lipinski definition) is 1. The summed E-state index contributed by atoms with van der Waals surface area (Å²) < 4.78 is 6.07. The van der Waals surface area contributed by atoms with Gasteiger partial charge in [0, 0.05) is 17.3 Å². The van der Waals surface area contributed by atoms with Gasteiger partial charge in [-0.05, 0) is 44.2 Å². The molecule has 0 aliphatic rings. The summed E-state index contributed by atoms with van der Waals surface area (Å²) in [5, 5.41) is 4.46. The molecule has 3 aromatic rings. The molecule has 1 atom stereocenters. The summed E-state index contributed by atoms with van der Waals surface area (Å²) in [6.45, 7) is 4.09. The summed E-state index contributed by atoms with van der Waals surface area (Å²) in [6.07, 6.45) is 1.81. The highest BCUT2D eigenvalue weighted by molar-refractivity contribution is 5.81. The number of aryl methyl sites for hydroxylation is 2. The zero-order valence-electron chi connectivity index (χ0n) is 12.0. The second kappa shape index (κ2) is 5.10. The van der Waals surface area contributed by atoms with Crippen molar-refractivity contribution < 1.29 is 4.42 Å². The van der Waals surface area contributed by atoms with Crippen LogP contribution in [0.4, 0.5) is 0 Å². The number of rotatable bonds is 3. The first-order valence-corrected chi connectivity index (χ1v) is 6.78. The van der Waals surface area contributed by atoms with Crippen molar-refractivity contribution in [2.45, 2.75) is 19.9 Å². The van der Waals surface area contributed by atoms with E-state index in [4.69, 9.17) is 4.42 Å². The van der Waals surface area contributed by atoms with Gasteiger partial charge in [-0.3, -0.25) is 4.98 Å². The van der Waals surface area contributed by atoms with Crippen LogP contribution in [0.25, 0.3) is 11.0 Å². The fourth-order valence-corrected chi connectivity index (χ4v) is 2.62. The quantitative estimate of drug-likeness (QED) is 0.784. The second-order valence-electron chi connectivity index (χ2n) is 5.04. The SMILES string of the molecule is CNC(c1cc2cccc(C)c2o1)c1cccnc1C. The van der Waals surface area contributed by atoms with E-state index in [1.54, 1.807) is 0 Å². The van der Waals surface area contributed by atoms with E-state index in [0.717, 1.165) is 33.6 Å². The van der Waals surface area contributed by atoms with Crippen LogP contribution in [0.5, 0.6) is 0 Å². The van der Waals surface area contributed by atoms with Crippen LogP contribution in [0.15, 0.2) is 47.0 Å². The van der Waals surface area contributed by atoms with Gasteiger partial charge in [0.25, 0.3) is 0 Å². The molecular weight excluding hydrogens is 248 g/mol. The first-order chi connectivity index (χ1) is 9.70. The van der Waals surface area contributed by atoms with Gasteiger partial charge in [-0.1, -0.05) is 24.3 Å². The molecule has 0 aliphatic carbocycles. The van der Waals surface area contributed by atoms with Crippen LogP contribution >= 0.6 is 0 Å². The number of benzene rings is 1. The third-order valence-corrected chi connectivity index (χ3v) is 3.69. The molecule has 0 bridgehead atoms. The largest absolute Gasteiger partial charge is 0.459 e. The van der Waals surface area contributed by atoms with Crippen molar-refractivity contribution in [3.05, 3.63) is 65.2 Å². The Morgan fingerprint density at radius 1 is 1.15 bits per heavy atom. The van der Waals surface area contributed by atoms with Crippen molar-refractivity contribution in [3.63, 3.8) is 0 Å². The van der Waals surface area contributed by atoms with Crippen molar-refractivity contribution in [2.24, 2.45) is 0 Å². The molecule has 2 aromatic heterocycles. The van der Waals surface area contributed by atoms with E-state index in [0.29, 0.717) is 0 Å². The minimum Gasteiger partial charge on any atom is -0.459 e. The third-order valence-electron chi connectivity index (χ3n) is 3.69. The van der Waals surface area contributed by atoms with Crippen molar-refractivity contribution >= 4 is 11.0 Å². The summed E-state index contributed by atoms with van der Waals surface area (Å²) in [4.78, 5) is 4.36. The van der Waals surface area contributed by atoms with Gasteiger partial charge in [-0.2, -0.15) is 0 Å². The fourth-order valence-electron chi connectivity index (χ4n) is 2.62. The molecule has 1 unspecified atom stereocenters. The van der Waals surface area contributed by atoms with Gasteiger partial charge in [0.05, 0.1) is 6.04 Å². The summed E-state index contributed by atoms with van der Waals surface area (Å²) in [5.41, 5.74) is 4.28. The number of nitrogens with zero attached hydrogens (tertiary/aromatic N) is 1. The minimum atomic E-state index is 0.0236. The Kier molecular flexibility index (Phi) is 3.28. The van der Waals surface area contributed by atoms with E-state index in [2.05, 4.69) is 47.6 Å². The fraction of sp³-hybridized carbons (Fsp3) is 0.235. The van der Waals surface area contributed by atoms with Gasteiger partial charge in [0.15, 0.2) is 0 Å². The highest BCUT2D eigenvalue weighted by Gasteiger charge is 2.19. The van der Waals surface area contributed by atoms with E-state index < -0.39 is 0 Å². The van der Waals surface area contributed by atoms with Gasteiger partial charge in [-0.15, -0.1) is 0 Å². The van der Waals surface area contributed by atoms with Gasteiger partial charge < -0.3 is 9.73 Å². The van der Waals surface area contributed by atoms with Crippen LogP contribution < -0.4 is 5.32 Å². The van der Waals surface area contributed by atoms with Crippen LogP contribution in [-0.2, 0) is 0 Å². The van der Waals surface area contributed by atoms with E-state index in [1.165, 1.54) is 0 Å². The van der Waals surface area contributed by atoms with Crippen LogP contribution in [0.2, 0.25) is 0 Å². The average Bonchev–Trinajstić information content (AvgIpc) is 2.87. The number of pyridine rings is 1. The Hall–Kier alpha value is -2.13. The Balaban J connectivity index is 2.12. The van der Waals surface area contributed by atoms with Gasteiger partial charge in [-0.25, -0.2) is 0 Å². The third kappa shape index (κ3) is 2.10. The molecule has 0 saturated carbocycles. The normalized spacial score (nSPS) is 12.8. The lowest BCUT2D eigenvalue weighted by Crippen LogP contribution is -2.18. The molecule has 20 heavy (non-hydrogen) atoms. The molecule has 1 N–H and O–H groups in total. The maximum Gasteiger partial charge on any atom is 0.137 e. The summed E-state index contributed by atoms with van der Waals surface area (Å²) in [5.74, 6) is 0.924. The Bertz CT molecular complexity index is 746. The first-order valence-electron chi connectivity index (χ1n) is 6.78. The number of hydrogen-bond acceptors (Lipinski definition) is 3. The van der Waals surface area contributed by atoms with Gasteiger partial charge >= 0.3 is 0 Å². The molecule has 3 nitrogen and oxygen atoms in total. The maximum atomic E-state index is 6.07. The summed E-state index contributed by atoms with van der Waals surface area (Å²) in [7, 11) is 1.94. The Morgan fingerprint density at radius 3 is 2.70 bits per heavy atom. The van der Waals surface area contributed by atoms with Crippen molar-refractivity contribution in [1.29, 1.82) is 0 Å². The number of para-hydroxylation sites is 1. The molecule has 0 radical (unpaired) electrons. The van der Waals surface area contributed by atoms with Gasteiger partial charge in [0.2, 0.25) is 0 Å². The topological polar surface area (TPSA) is 38.1 Å². The zero-order chi connectivity index (χ0) is 14.1. The van der Waals surface area contributed by atoms with Crippen molar-refractivity contribution in [1.82, 2.24) is 10.3 Å². The summed E-state index contributed by atoms with van der Waals surface area (Å²) >= 11 is 0.